The van der Waals surface area contributed by atoms with Crippen LogP contribution in [0.5, 0.6) is 23.0 Å². The van der Waals surface area contributed by atoms with E-state index >= 15 is 0 Å². The first-order valence-corrected chi connectivity index (χ1v) is 11.9. The smallest absolute Gasteiger partial charge is 0.276 e. The molecular weight excluding hydrogens is 497 g/mol. The fraction of sp³-hybridized carbons (Fsp3) is 0.417. The number of anilines is 1. The van der Waals surface area contributed by atoms with Crippen molar-refractivity contribution in [3.8, 4) is 23.0 Å². The molecule has 0 aliphatic heterocycles. The highest BCUT2D eigenvalue weighted by atomic mass is 35.5. The molecule has 0 bridgehead atoms. The van der Waals surface area contributed by atoms with E-state index in [0.29, 0.717) is 48.7 Å². The number of amides is 1. The second-order valence-corrected chi connectivity index (χ2v) is 7.65. The van der Waals surface area contributed by atoms with E-state index < -0.39 is 17.7 Å². The van der Waals surface area contributed by atoms with Crippen LogP contribution in [0.3, 0.4) is 0 Å². The maximum atomic E-state index is 13.3. The van der Waals surface area contributed by atoms with Crippen molar-refractivity contribution < 1.29 is 28.5 Å². The van der Waals surface area contributed by atoms with E-state index in [2.05, 4.69) is 10.2 Å². The highest BCUT2D eigenvalue weighted by molar-refractivity contribution is 6.40. The van der Waals surface area contributed by atoms with Gasteiger partial charge >= 0.3 is 0 Å². The quantitative estimate of drug-likeness (QED) is 0.176. The number of benzene rings is 2. The molecular formula is C24H29Cl2N3O6. The molecule has 2 aromatic carbocycles. The minimum atomic E-state index is -1.53. The first kappa shape index (κ1) is 28.2. The van der Waals surface area contributed by atoms with Gasteiger partial charge in [0.05, 0.1) is 31.5 Å². The Kier molecular flexibility index (Phi) is 11.1. The molecule has 0 radical (unpaired) electrons. The number of nitrogens with zero attached hydrogens (tertiary/aromatic N) is 3. The van der Waals surface area contributed by atoms with E-state index in [0.717, 1.165) is 4.42 Å². The summed E-state index contributed by atoms with van der Waals surface area (Å²) in [6, 6.07) is 6.59. The Morgan fingerprint density at radius 3 is 1.94 bits per heavy atom. The van der Waals surface area contributed by atoms with E-state index in [9.17, 15) is 9.59 Å². The fourth-order valence-corrected chi connectivity index (χ4v) is 3.51. The lowest BCUT2D eigenvalue weighted by Crippen LogP contribution is -2.36. The lowest BCUT2D eigenvalue weighted by atomic mass is 10.2. The van der Waals surface area contributed by atoms with E-state index in [-0.39, 0.29) is 17.1 Å². The standard InChI is InChI=1S/C24H29Cl2N3O6/c1-6-32-18-11-10-12-19(33-7-2)21(18)29(26)24(31)20(15(5)30)28-27-17-14-13-16(25)22(34-8-3)23(17)35-9-4/h10-14,20H,6-9H2,1-5H3. The third kappa shape index (κ3) is 6.99. The summed E-state index contributed by atoms with van der Waals surface area (Å²) in [7, 11) is 0. The Labute approximate surface area is 215 Å². The van der Waals surface area contributed by atoms with Crippen molar-refractivity contribution in [1.29, 1.82) is 0 Å². The molecule has 0 aliphatic rings. The molecule has 0 aliphatic carbocycles. The average molecular weight is 526 g/mol. The maximum absolute atomic E-state index is 13.3. The highest BCUT2D eigenvalue weighted by Gasteiger charge is 2.32. The Hall–Kier alpha value is -3.04. The molecule has 2 aromatic rings. The third-order valence-electron chi connectivity index (χ3n) is 4.47. The Balaban J connectivity index is 2.48. The van der Waals surface area contributed by atoms with Crippen LogP contribution in [0, 0.1) is 0 Å². The highest BCUT2D eigenvalue weighted by Crippen LogP contribution is 2.43. The van der Waals surface area contributed by atoms with Crippen LogP contribution in [0.4, 0.5) is 11.4 Å². The van der Waals surface area contributed by atoms with E-state index in [1.807, 2.05) is 0 Å². The van der Waals surface area contributed by atoms with Crippen molar-refractivity contribution in [1.82, 2.24) is 0 Å². The van der Waals surface area contributed by atoms with E-state index in [1.165, 1.54) is 6.92 Å². The summed E-state index contributed by atoms with van der Waals surface area (Å²) in [5.41, 5.74) is 0.411. The topological polar surface area (TPSA) is 99.0 Å². The summed E-state index contributed by atoms with van der Waals surface area (Å²) in [5, 5.41) is 8.45. The van der Waals surface area contributed by atoms with Crippen LogP contribution < -0.4 is 23.4 Å². The first-order chi connectivity index (χ1) is 16.8. The van der Waals surface area contributed by atoms with Crippen LogP contribution in [0.15, 0.2) is 40.6 Å². The van der Waals surface area contributed by atoms with E-state index in [1.54, 1.807) is 58.0 Å². The van der Waals surface area contributed by atoms with Crippen LogP contribution in [-0.2, 0) is 9.59 Å². The Morgan fingerprint density at radius 2 is 1.43 bits per heavy atom. The van der Waals surface area contributed by atoms with Gasteiger partial charge in [-0.1, -0.05) is 17.7 Å². The van der Waals surface area contributed by atoms with Crippen molar-refractivity contribution in [2.45, 2.75) is 40.7 Å². The summed E-state index contributed by atoms with van der Waals surface area (Å²) in [6.07, 6.45) is 0. The van der Waals surface area contributed by atoms with Gasteiger partial charge in [0.25, 0.3) is 5.91 Å². The van der Waals surface area contributed by atoms with Gasteiger partial charge in [0.15, 0.2) is 17.3 Å². The molecule has 1 atom stereocenters. The second kappa shape index (κ2) is 13.7. The molecule has 0 saturated heterocycles. The van der Waals surface area contributed by atoms with Crippen molar-refractivity contribution in [2.75, 3.05) is 30.8 Å². The molecule has 0 aromatic heterocycles. The number of hydrogen-bond donors (Lipinski definition) is 0. The average Bonchev–Trinajstić information content (AvgIpc) is 2.82. The molecule has 9 nitrogen and oxygen atoms in total. The molecule has 0 fully saturated rings. The van der Waals surface area contributed by atoms with Gasteiger partial charge in [0, 0.05) is 11.8 Å². The molecule has 11 heteroatoms. The van der Waals surface area contributed by atoms with Crippen LogP contribution in [0.1, 0.15) is 34.6 Å². The number of ether oxygens (including phenoxy) is 4. The summed E-state index contributed by atoms with van der Waals surface area (Å²) in [6.45, 7) is 9.71. The largest absolute Gasteiger partial charge is 0.491 e. The van der Waals surface area contributed by atoms with E-state index in [4.69, 9.17) is 42.3 Å². The van der Waals surface area contributed by atoms with Crippen LogP contribution >= 0.6 is 23.4 Å². The Morgan fingerprint density at radius 1 is 0.886 bits per heavy atom. The zero-order valence-corrected chi connectivity index (χ0v) is 21.9. The monoisotopic (exact) mass is 525 g/mol. The number of azo groups is 1. The fourth-order valence-electron chi connectivity index (χ4n) is 3.05. The minimum absolute atomic E-state index is 0.171. The predicted molar refractivity (Wildman–Crippen MR) is 135 cm³/mol. The summed E-state index contributed by atoms with van der Waals surface area (Å²) in [5.74, 6) is -0.203. The van der Waals surface area contributed by atoms with Crippen LogP contribution in [-0.4, -0.2) is 44.2 Å². The second-order valence-electron chi connectivity index (χ2n) is 6.91. The zero-order chi connectivity index (χ0) is 26.0. The van der Waals surface area contributed by atoms with Gasteiger partial charge in [-0.15, -0.1) is 0 Å². The van der Waals surface area contributed by atoms with Crippen LogP contribution in [0.25, 0.3) is 0 Å². The summed E-state index contributed by atoms with van der Waals surface area (Å²) >= 11 is 12.7. The normalized spacial score (nSPS) is 11.7. The number of rotatable bonds is 13. The van der Waals surface area contributed by atoms with Crippen molar-refractivity contribution in [2.24, 2.45) is 10.2 Å². The van der Waals surface area contributed by atoms with Crippen molar-refractivity contribution >= 4 is 46.4 Å². The van der Waals surface area contributed by atoms with Gasteiger partial charge in [-0.25, -0.2) is 4.42 Å². The Bertz CT molecular complexity index is 1040. The molecule has 35 heavy (non-hydrogen) atoms. The summed E-state index contributed by atoms with van der Waals surface area (Å²) < 4.78 is 23.2. The van der Waals surface area contributed by atoms with Gasteiger partial charge in [-0.3, -0.25) is 9.59 Å². The lowest BCUT2D eigenvalue weighted by molar-refractivity contribution is -0.126. The number of Topliss-reactive ketones (excluding diaryl/α,β-unsaturated/α-hetero) is 1. The first-order valence-electron chi connectivity index (χ1n) is 11.2. The van der Waals surface area contributed by atoms with Gasteiger partial charge in [0.1, 0.15) is 22.9 Å². The number of halogens is 2. The predicted octanol–water partition coefficient (Wildman–Crippen LogP) is 6.16. The van der Waals surface area contributed by atoms with Gasteiger partial charge in [-0.2, -0.15) is 10.2 Å². The number of carbonyl (C=O) groups excluding carboxylic acids is 2. The SMILES string of the molecule is CCOc1cccc(OCC)c1N(Cl)C(=O)C(N=Nc1ccc(Cl)c(OCC)c1OCC)C(C)=O. The van der Waals surface area contributed by atoms with Crippen LogP contribution in [0.2, 0.25) is 5.02 Å². The number of hydrogen-bond acceptors (Lipinski definition) is 8. The number of carbonyl (C=O) groups is 2. The third-order valence-corrected chi connectivity index (χ3v) is 5.11. The number of para-hydroxylation sites is 1. The van der Waals surface area contributed by atoms with Gasteiger partial charge in [-0.05, 0) is 58.9 Å². The molecule has 0 N–H and O–H groups in total. The molecule has 2 rings (SSSR count). The maximum Gasteiger partial charge on any atom is 0.276 e. The molecule has 0 saturated carbocycles. The van der Waals surface area contributed by atoms with Crippen molar-refractivity contribution in [3.05, 3.63) is 35.4 Å². The molecule has 190 valence electrons. The number of ketones is 1. The molecule has 0 spiro atoms. The molecule has 0 heterocycles. The summed E-state index contributed by atoms with van der Waals surface area (Å²) in [4.78, 5) is 25.7. The minimum Gasteiger partial charge on any atom is -0.491 e. The van der Waals surface area contributed by atoms with Crippen molar-refractivity contribution in [3.63, 3.8) is 0 Å². The molecule has 1 unspecified atom stereocenters. The molecule has 1 amide bonds. The van der Waals surface area contributed by atoms with Gasteiger partial charge in [0.2, 0.25) is 6.04 Å². The lowest BCUT2D eigenvalue weighted by Gasteiger charge is -2.22. The van der Waals surface area contributed by atoms with Gasteiger partial charge < -0.3 is 18.9 Å². The zero-order valence-electron chi connectivity index (χ0n) is 20.3.